The third-order valence-electron chi connectivity index (χ3n) is 5.23. The van der Waals surface area contributed by atoms with E-state index in [1.807, 2.05) is 31.4 Å². The van der Waals surface area contributed by atoms with Gasteiger partial charge in [0, 0.05) is 53.2 Å². The van der Waals surface area contributed by atoms with Gasteiger partial charge in [-0.15, -0.1) is 0 Å². The monoisotopic (exact) mass is 428 g/mol. The van der Waals surface area contributed by atoms with Crippen LogP contribution >= 0.6 is 0 Å². The summed E-state index contributed by atoms with van der Waals surface area (Å²) >= 11 is 0. The van der Waals surface area contributed by atoms with Crippen molar-refractivity contribution >= 4 is 28.8 Å². The highest BCUT2D eigenvalue weighted by molar-refractivity contribution is 6.04. The first-order valence-corrected chi connectivity index (χ1v) is 10.3. The standard InChI is InChI=1S/C24H24N6O2/c1-15-13-22-26-16(2)21(17(3)30(22)29-15)7-8-23(31)27-19-5-4-6-20(14-19)28-24(32)18-9-11-25-12-10-18/h4-6,9-14H,7-8H2,1-3H3,(H,27,31)(H,28,32). The summed E-state index contributed by atoms with van der Waals surface area (Å²) in [5.74, 6) is -0.350. The zero-order chi connectivity index (χ0) is 22.7. The van der Waals surface area contributed by atoms with Crippen molar-refractivity contribution in [1.29, 1.82) is 0 Å². The van der Waals surface area contributed by atoms with E-state index in [0.717, 1.165) is 28.3 Å². The summed E-state index contributed by atoms with van der Waals surface area (Å²) < 4.78 is 1.82. The van der Waals surface area contributed by atoms with Gasteiger partial charge in [0.1, 0.15) is 0 Å². The van der Waals surface area contributed by atoms with Gasteiger partial charge in [-0.3, -0.25) is 14.6 Å². The average molecular weight is 428 g/mol. The number of nitrogens with zero attached hydrogens (tertiary/aromatic N) is 4. The van der Waals surface area contributed by atoms with E-state index < -0.39 is 0 Å². The minimum atomic E-state index is -0.237. The highest BCUT2D eigenvalue weighted by atomic mass is 16.2. The number of nitrogens with one attached hydrogen (secondary N) is 2. The molecule has 0 aliphatic carbocycles. The maximum Gasteiger partial charge on any atom is 0.255 e. The van der Waals surface area contributed by atoms with Crippen molar-refractivity contribution in [3.05, 3.63) is 83.1 Å². The molecule has 0 atom stereocenters. The smallest absolute Gasteiger partial charge is 0.255 e. The van der Waals surface area contributed by atoms with Crippen LogP contribution in [0.15, 0.2) is 54.9 Å². The first-order chi connectivity index (χ1) is 15.4. The predicted molar refractivity (Wildman–Crippen MR) is 123 cm³/mol. The molecule has 3 aromatic heterocycles. The molecule has 8 nitrogen and oxygen atoms in total. The largest absolute Gasteiger partial charge is 0.326 e. The third-order valence-corrected chi connectivity index (χ3v) is 5.23. The van der Waals surface area contributed by atoms with Crippen molar-refractivity contribution in [3.63, 3.8) is 0 Å². The van der Waals surface area contributed by atoms with E-state index in [9.17, 15) is 9.59 Å². The normalized spacial score (nSPS) is 10.8. The molecule has 0 bridgehead atoms. The number of hydrogen-bond acceptors (Lipinski definition) is 5. The number of amides is 2. The zero-order valence-electron chi connectivity index (χ0n) is 18.2. The van der Waals surface area contributed by atoms with Crippen molar-refractivity contribution in [2.45, 2.75) is 33.6 Å². The zero-order valence-corrected chi connectivity index (χ0v) is 18.2. The fourth-order valence-corrected chi connectivity index (χ4v) is 3.65. The van der Waals surface area contributed by atoms with Crippen LogP contribution in [-0.2, 0) is 11.2 Å². The van der Waals surface area contributed by atoms with Gasteiger partial charge in [0.25, 0.3) is 5.91 Å². The molecule has 8 heteroatoms. The highest BCUT2D eigenvalue weighted by Crippen LogP contribution is 2.19. The van der Waals surface area contributed by atoms with Crippen LogP contribution in [0.3, 0.4) is 0 Å². The summed E-state index contributed by atoms with van der Waals surface area (Å²) in [5.41, 5.74) is 6.37. The van der Waals surface area contributed by atoms with Crippen molar-refractivity contribution in [3.8, 4) is 0 Å². The fraction of sp³-hybridized carbons (Fsp3) is 0.208. The van der Waals surface area contributed by atoms with Gasteiger partial charge in [0.2, 0.25) is 5.91 Å². The van der Waals surface area contributed by atoms with Crippen molar-refractivity contribution in [2.24, 2.45) is 0 Å². The SMILES string of the molecule is Cc1cc2nc(C)c(CCC(=O)Nc3cccc(NC(=O)c4ccncc4)c3)c(C)n2n1. The molecule has 4 aromatic rings. The second-order valence-electron chi connectivity index (χ2n) is 7.64. The van der Waals surface area contributed by atoms with E-state index in [0.29, 0.717) is 29.8 Å². The number of carbonyl (C=O) groups is 2. The van der Waals surface area contributed by atoms with E-state index in [2.05, 4.69) is 25.7 Å². The Morgan fingerprint density at radius 3 is 2.44 bits per heavy atom. The number of pyridine rings is 1. The summed E-state index contributed by atoms with van der Waals surface area (Å²) in [5, 5.41) is 10.2. The molecule has 0 saturated carbocycles. The third kappa shape index (κ3) is 4.64. The Labute approximate surface area is 185 Å². The highest BCUT2D eigenvalue weighted by Gasteiger charge is 2.13. The van der Waals surface area contributed by atoms with Gasteiger partial charge in [0.15, 0.2) is 5.65 Å². The van der Waals surface area contributed by atoms with E-state index in [1.54, 1.807) is 48.8 Å². The van der Waals surface area contributed by atoms with Crippen LogP contribution in [0, 0.1) is 20.8 Å². The van der Waals surface area contributed by atoms with E-state index in [-0.39, 0.29) is 11.8 Å². The lowest BCUT2D eigenvalue weighted by molar-refractivity contribution is -0.116. The van der Waals surface area contributed by atoms with Gasteiger partial charge in [0.05, 0.1) is 5.69 Å². The number of benzene rings is 1. The van der Waals surface area contributed by atoms with Gasteiger partial charge in [-0.2, -0.15) is 5.10 Å². The molecule has 162 valence electrons. The lowest BCUT2D eigenvalue weighted by atomic mass is 10.1. The second-order valence-corrected chi connectivity index (χ2v) is 7.64. The topological polar surface area (TPSA) is 101 Å². The molecule has 4 rings (SSSR count). The van der Waals surface area contributed by atoms with Crippen LogP contribution in [0.2, 0.25) is 0 Å². The number of rotatable bonds is 6. The van der Waals surface area contributed by atoms with Crippen LogP contribution in [0.4, 0.5) is 11.4 Å². The maximum atomic E-state index is 12.6. The van der Waals surface area contributed by atoms with Crippen LogP contribution in [-0.4, -0.2) is 31.4 Å². The van der Waals surface area contributed by atoms with Crippen LogP contribution in [0.25, 0.3) is 5.65 Å². The van der Waals surface area contributed by atoms with Gasteiger partial charge < -0.3 is 10.6 Å². The summed E-state index contributed by atoms with van der Waals surface area (Å²) in [6.07, 6.45) is 4.00. The van der Waals surface area contributed by atoms with Gasteiger partial charge in [-0.05, 0) is 63.1 Å². The van der Waals surface area contributed by atoms with E-state index >= 15 is 0 Å². The van der Waals surface area contributed by atoms with Crippen LogP contribution < -0.4 is 10.6 Å². The Morgan fingerprint density at radius 1 is 0.969 bits per heavy atom. The number of carbonyl (C=O) groups excluding carboxylic acids is 2. The van der Waals surface area contributed by atoms with Crippen LogP contribution in [0.5, 0.6) is 0 Å². The minimum absolute atomic E-state index is 0.113. The molecule has 2 N–H and O–H groups in total. The molecule has 2 amide bonds. The molecule has 0 spiro atoms. The lowest BCUT2D eigenvalue weighted by Gasteiger charge is -2.12. The second kappa shape index (κ2) is 8.97. The number of fused-ring (bicyclic) bond motifs is 1. The Balaban J connectivity index is 1.40. The summed E-state index contributed by atoms with van der Waals surface area (Å²) in [6, 6.07) is 12.3. The average Bonchev–Trinajstić information content (AvgIpc) is 3.14. The van der Waals surface area contributed by atoms with Crippen molar-refractivity contribution < 1.29 is 9.59 Å². The van der Waals surface area contributed by atoms with Crippen LogP contribution in [0.1, 0.15) is 39.4 Å². The summed E-state index contributed by atoms with van der Waals surface area (Å²) in [6.45, 7) is 5.89. The van der Waals surface area contributed by atoms with Crippen molar-refractivity contribution in [1.82, 2.24) is 19.6 Å². The summed E-state index contributed by atoms with van der Waals surface area (Å²) in [4.78, 5) is 33.4. The molecule has 0 aliphatic heterocycles. The van der Waals surface area contributed by atoms with E-state index in [1.165, 1.54) is 0 Å². The minimum Gasteiger partial charge on any atom is -0.326 e. The molecular formula is C24H24N6O2. The Hall–Kier alpha value is -4.07. The van der Waals surface area contributed by atoms with E-state index in [4.69, 9.17) is 0 Å². The Bertz CT molecular complexity index is 1300. The maximum absolute atomic E-state index is 12.6. The molecule has 0 saturated heterocycles. The lowest BCUT2D eigenvalue weighted by Crippen LogP contribution is -2.15. The molecule has 0 radical (unpaired) electrons. The molecule has 0 fully saturated rings. The molecule has 32 heavy (non-hydrogen) atoms. The van der Waals surface area contributed by atoms with Gasteiger partial charge in [-0.1, -0.05) is 6.07 Å². The van der Waals surface area contributed by atoms with Crippen molar-refractivity contribution in [2.75, 3.05) is 10.6 Å². The molecular weight excluding hydrogens is 404 g/mol. The first kappa shape index (κ1) is 21.2. The number of hydrogen-bond donors (Lipinski definition) is 2. The predicted octanol–water partition coefficient (Wildman–Crippen LogP) is 3.87. The number of aryl methyl sites for hydroxylation is 3. The Kier molecular flexibility index (Phi) is 5.93. The summed E-state index contributed by atoms with van der Waals surface area (Å²) in [7, 11) is 0. The molecule has 1 aromatic carbocycles. The number of anilines is 2. The molecule has 0 aliphatic rings. The van der Waals surface area contributed by atoms with Gasteiger partial charge in [-0.25, -0.2) is 9.50 Å². The fourth-order valence-electron chi connectivity index (χ4n) is 3.65. The first-order valence-electron chi connectivity index (χ1n) is 10.3. The Morgan fingerprint density at radius 2 is 1.69 bits per heavy atom. The quantitative estimate of drug-likeness (QED) is 0.485. The molecule has 3 heterocycles. The molecule has 0 unspecified atom stereocenters. The number of aromatic nitrogens is 4. The van der Waals surface area contributed by atoms with Gasteiger partial charge >= 0.3 is 0 Å².